The molecule has 0 aliphatic heterocycles. The van der Waals surface area contributed by atoms with E-state index in [-0.39, 0.29) is 18.6 Å². The predicted octanol–water partition coefficient (Wildman–Crippen LogP) is 3.99. The Morgan fingerprint density at radius 1 is 0.741 bits per heavy atom. The number of aliphatic hydroxyl groups is 2. The van der Waals surface area contributed by atoms with Crippen LogP contribution in [0.3, 0.4) is 0 Å². The third-order valence-corrected chi connectivity index (χ3v) is 5.64. The van der Waals surface area contributed by atoms with Gasteiger partial charge in [0.2, 0.25) is 0 Å². The zero-order valence-electron chi connectivity index (χ0n) is 16.8. The van der Waals surface area contributed by atoms with Crippen LogP contribution in [0.15, 0.2) is 54.6 Å². The minimum Gasteiger partial charge on any atom is -0.394 e. The van der Waals surface area contributed by atoms with Gasteiger partial charge in [0.05, 0.1) is 18.8 Å². The van der Waals surface area contributed by atoms with E-state index in [9.17, 15) is 10.2 Å². The summed E-state index contributed by atoms with van der Waals surface area (Å²) in [6.45, 7) is 4.23. The third-order valence-electron chi connectivity index (χ3n) is 5.64. The average Bonchev–Trinajstić information content (AvgIpc) is 2.70. The SMILES string of the molecule is CC(C)(CCCCc1ccccc1)c1ccc(CCC(N)(CO)CO)cc1. The fourth-order valence-electron chi connectivity index (χ4n) is 3.41. The molecule has 0 fully saturated rings. The van der Waals surface area contributed by atoms with Gasteiger partial charge in [-0.1, -0.05) is 74.9 Å². The van der Waals surface area contributed by atoms with Gasteiger partial charge < -0.3 is 15.9 Å². The summed E-state index contributed by atoms with van der Waals surface area (Å²) in [4.78, 5) is 0. The molecule has 0 atom stereocenters. The molecule has 4 N–H and O–H groups in total. The number of unbranched alkanes of at least 4 members (excludes halogenated alkanes) is 1. The number of rotatable bonds is 11. The molecule has 0 spiro atoms. The summed E-state index contributed by atoms with van der Waals surface area (Å²) < 4.78 is 0. The Morgan fingerprint density at radius 3 is 1.93 bits per heavy atom. The summed E-state index contributed by atoms with van der Waals surface area (Å²) in [5, 5.41) is 18.6. The molecule has 0 aliphatic rings. The quantitative estimate of drug-likeness (QED) is 0.525. The Balaban J connectivity index is 1.83. The summed E-state index contributed by atoms with van der Waals surface area (Å²) in [5.74, 6) is 0. The summed E-state index contributed by atoms with van der Waals surface area (Å²) >= 11 is 0. The van der Waals surface area contributed by atoms with Gasteiger partial charge in [-0.15, -0.1) is 0 Å². The molecule has 27 heavy (non-hydrogen) atoms. The van der Waals surface area contributed by atoms with Crippen molar-refractivity contribution in [3.8, 4) is 0 Å². The van der Waals surface area contributed by atoms with E-state index < -0.39 is 5.54 Å². The number of aliphatic hydroxyl groups excluding tert-OH is 2. The lowest BCUT2D eigenvalue weighted by Crippen LogP contribution is -2.47. The molecule has 0 bridgehead atoms. The molecule has 2 aromatic rings. The van der Waals surface area contributed by atoms with E-state index in [1.807, 2.05) is 0 Å². The summed E-state index contributed by atoms with van der Waals surface area (Å²) in [6, 6.07) is 19.4. The van der Waals surface area contributed by atoms with E-state index in [1.165, 1.54) is 36.0 Å². The van der Waals surface area contributed by atoms with E-state index in [1.54, 1.807) is 0 Å². The molecule has 3 heteroatoms. The Morgan fingerprint density at radius 2 is 1.33 bits per heavy atom. The number of hydrogen-bond donors (Lipinski definition) is 3. The lowest BCUT2D eigenvalue weighted by Gasteiger charge is -2.26. The van der Waals surface area contributed by atoms with Gasteiger partial charge in [-0.25, -0.2) is 0 Å². The van der Waals surface area contributed by atoms with E-state index in [4.69, 9.17) is 5.73 Å². The van der Waals surface area contributed by atoms with Crippen LogP contribution in [0.2, 0.25) is 0 Å². The first-order valence-corrected chi connectivity index (χ1v) is 10.0. The van der Waals surface area contributed by atoms with Gasteiger partial charge in [0.1, 0.15) is 0 Å². The van der Waals surface area contributed by atoms with Crippen LogP contribution in [0.25, 0.3) is 0 Å². The van der Waals surface area contributed by atoms with Crippen molar-refractivity contribution < 1.29 is 10.2 Å². The number of hydrogen-bond acceptors (Lipinski definition) is 3. The van der Waals surface area contributed by atoms with Crippen LogP contribution in [-0.2, 0) is 18.3 Å². The minimum absolute atomic E-state index is 0.156. The molecule has 0 aromatic heterocycles. The first-order valence-electron chi connectivity index (χ1n) is 10.0. The third kappa shape index (κ3) is 6.76. The maximum Gasteiger partial charge on any atom is 0.0633 e. The molecule has 0 amide bonds. The number of aryl methyl sites for hydroxylation is 2. The monoisotopic (exact) mass is 369 g/mol. The topological polar surface area (TPSA) is 66.5 Å². The summed E-state index contributed by atoms with van der Waals surface area (Å²) in [7, 11) is 0. The summed E-state index contributed by atoms with van der Waals surface area (Å²) in [6.07, 6.45) is 6.07. The molecule has 0 saturated heterocycles. The Bertz CT molecular complexity index is 661. The van der Waals surface area contributed by atoms with Gasteiger partial charge in [0, 0.05) is 0 Å². The van der Waals surface area contributed by atoms with Crippen molar-refractivity contribution in [3.05, 3.63) is 71.3 Å². The van der Waals surface area contributed by atoms with Gasteiger partial charge in [0.25, 0.3) is 0 Å². The Kier molecular flexibility index (Phi) is 8.03. The van der Waals surface area contributed by atoms with E-state index >= 15 is 0 Å². The smallest absolute Gasteiger partial charge is 0.0633 e. The highest BCUT2D eigenvalue weighted by molar-refractivity contribution is 5.28. The van der Waals surface area contributed by atoms with Gasteiger partial charge in [-0.3, -0.25) is 0 Å². The molecular formula is C24H35NO2. The fourth-order valence-corrected chi connectivity index (χ4v) is 3.41. The normalized spacial score (nSPS) is 12.3. The van der Waals surface area contributed by atoms with Gasteiger partial charge >= 0.3 is 0 Å². The molecule has 0 aliphatic carbocycles. The fraction of sp³-hybridized carbons (Fsp3) is 0.500. The van der Waals surface area contributed by atoms with Crippen LogP contribution < -0.4 is 5.73 Å². The highest BCUT2D eigenvalue weighted by atomic mass is 16.3. The summed E-state index contributed by atoms with van der Waals surface area (Å²) in [5.41, 5.74) is 9.18. The number of nitrogens with two attached hydrogens (primary N) is 1. The lowest BCUT2D eigenvalue weighted by atomic mass is 9.79. The molecule has 0 unspecified atom stereocenters. The number of benzene rings is 2. The molecule has 0 radical (unpaired) electrons. The standard InChI is InChI=1S/C24H35NO2/c1-23(2,16-7-6-10-20-8-4-3-5-9-20)22-13-11-21(12-14-22)15-17-24(25,18-26)19-27/h3-5,8-9,11-14,26-27H,6-7,10,15-19,25H2,1-2H3. The molecule has 0 heterocycles. The van der Waals surface area contributed by atoms with Crippen molar-refractivity contribution in [1.29, 1.82) is 0 Å². The van der Waals surface area contributed by atoms with Crippen LogP contribution in [-0.4, -0.2) is 29.0 Å². The minimum atomic E-state index is -0.892. The van der Waals surface area contributed by atoms with Crippen molar-refractivity contribution in [2.45, 2.75) is 63.3 Å². The largest absolute Gasteiger partial charge is 0.394 e. The van der Waals surface area contributed by atoms with Gasteiger partial charge in [-0.2, -0.15) is 0 Å². The van der Waals surface area contributed by atoms with Crippen LogP contribution in [0, 0.1) is 0 Å². The van der Waals surface area contributed by atoms with Crippen molar-refractivity contribution in [2.75, 3.05) is 13.2 Å². The Labute approximate surface area is 164 Å². The van der Waals surface area contributed by atoms with Crippen molar-refractivity contribution in [3.63, 3.8) is 0 Å². The zero-order valence-corrected chi connectivity index (χ0v) is 16.8. The van der Waals surface area contributed by atoms with Crippen LogP contribution in [0.5, 0.6) is 0 Å². The second-order valence-corrected chi connectivity index (χ2v) is 8.45. The molecule has 0 saturated carbocycles. The van der Waals surface area contributed by atoms with Crippen LogP contribution in [0.1, 0.15) is 56.2 Å². The van der Waals surface area contributed by atoms with Crippen LogP contribution >= 0.6 is 0 Å². The van der Waals surface area contributed by atoms with E-state index in [0.717, 1.165) is 12.8 Å². The highest BCUT2D eigenvalue weighted by Crippen LogP contribution is 2.30. The van der Waals surface area contributed by atoms with Crippen molar-refractivity contribution in [2.24, 2.45) is 5.73 Å². The first kappa shape index (κ1) is 21.6. The zero-order chi connectivity index (χ0) is 19.8. The van der Waals surface area contributed by atoms with Crippen molar-refractivity contribution in [1.82, 2.24) is 0 Å². The molecular weight excluding hydrogens is 334 g/mol. The second kappa shape index (κ2) is 10.0. The van der Waals surface area contributed by atoms with E-state index in [0.29, 0.717) is 6.42 Å². The molecule has 2 rings (SSSR count). The van der Waals surface area contributed by atoms with E-state index in [2.05, 4.69) is 68.4 Å². The lowest BCUT2D eigenvalue weighted by molar-refractivity contribution is 0.115. The van der Waals surface area contributed by atoms with Crippen molar-refractivity contribution >= 4 is 0 Å². The first-order chi connectivity index (χ1) is 12.9. The highest BCUT2D eigenvalue weighted by Gasteiger charge is 2.23. The maximum atomic E-state index is 9.30. The predicted molar refractivity (Wildman–Crippen MR) is 113 cm³/mol. The van der Waals surface area contributed by atoms with Gasteiger partial charge in [0.15, 0.2) is 0 Å². The Hall–Kier alpha value is -1.68. The molecule has 3 nitrogen and oxygen atoms in total. The van der Waals surface area contributed by atoms with Crippen LogP contribution in [0.4, 0.5) is 0 Å². The van der Waals surface area contributed by atoms with Gasteiger partial charge in [-0.05, 0) is 54.2 Å². The molecule has 2 aromatic carbocycles. The average molecular weight is 370 g/mol. The molecule has 148 valence electrons. The maximum absolute atomic E-state index is 9.30. The second-order valence-electron chi connectivity index (χ2n) is 8.45.